The van der Waals surface area contributed by atoms with Gasteiger partial charge in [0, 0.05) is 31.9 Å². The molecule has 1 amide bonds. The van der Waals surface area contributed by atoms with Crippen LogP contribution in [0.3, 0.4) is 0 Å². The topological polar surface area (TPSA) is 45.2 Å². The summed E-state index contributed by atoms with van der Waals surface area (Å²) in [5, 5.41) is 2.99. The molecule has 0 aromatic carbocycles. The lowest BCUT2D eigenvalue weighted by Crippen LogP contribution is -2.34. The molecule has 0 spiro atoms. The monoisotopic (exact) mass is 259 g/mol. The zero-order valence-electron chi connectivity index (χ0n) is 11.4. The zero-order valence-corrected chi connectivity index (χ0v) is 11.4. The quantitative estimate of drug-likeness (QED) is 0.853. The van der Waals surface area contributed by atoms with Crippen LogP contribution in [0.2, 0.25) is 0 Å². The maximum Gasteiger partial charge on any atom is 0.254 e. The van der Waals surface area contributed by atoms with E-state index in [0.29, 0.717) is 0 Å². The summed E-state index contributed by atoms with van der Waals surface area (Å²) >= 11 is 0. The van der Waals surface area contributed by atoms with Gasteiger partial charge in [-0.25, -0.2) is 4.98 Å². The third kappa shape index (κ3) is 3.25. The van der Waals surface area contributed by atoms with Crippen molar-refractivity contribution < 1.29 is 4.79 Å². The molecule has 19 heavy (non-hydrogen) atoms. The van der Waals surface area contributed by atoms with Crippen LogP contribution in [0.15, 0.2) is 18.3 Å². The highest BCUT2D eigenvalue weighted by atomic mass is 16.2. The van der Waals surface area contributed by atoms with Crippen LogP contribution in [-0.4, -0.2) is 35.9 Å². The lowest BCUT2D eigenvalue weighted by Gasteiger charge is -2.22. The highest BCUT2D eigenvalue weighted by Crippen LogP contribution is 2.34. The second kappa shape index (κ2) is 5.19. The van der Waals surface area contributed by atoms with E-state index in [1.165, 1.54) is 25.7 Å². The van der Waals surface area contributed by atoms with E-state index in [-0.39, 0.29) is 5.91 Å². The van der Waals surface area contributed by atoms with E-state index in [2.05, 4.69) is 15.2 Å². The van der Waals surface area contributed by atoms with Crippen LogP contribution in [0.5, 0.6) is 0 Å². The minimum atomic E-state index is 0.165. The molecule has 3 rings (SSSR count). The van der Waals surface area contributed by atoms with E-state index in [4.69, 9.17) is 0 Å². The van der Waals surface area contributed by atoms with E-state index >= 15 is 0 Å². The van der Waals surface area contributed by atoms with Gasteiger partial charge in [0.15, 0.2) is 0 Å². The molecular formula is C15H21N3O. The number of carbonyl (C=O) groups is 1. The van der Waals surface area contributed by atoms with Gasteiger partial charge in [-0.3, -0.25) is 4.79 Å². The summed E-state index contributed by atoms with van der Waals surface area (Å²) < 4.78 is 0. The average molecular weight is 259 g/mol. The van der Waals surface area contributed by atoms with Crippen LogP contribution in [0.4, 0.5) is 5.82 Å². The van der Waals surface area contributed by atoms with Crippen molar-refractivity contribution in [1.29, 1.82) is 0 Å². The van der Waals surface area contributed by atoms with Crippen LogP contribution in [0, 0.1) is 11.8 Å². The molecule has 1 N–H and O–H groups in total. The van der Waals surface area contributed by atoms with Gasteiger partial charge in [0.2, 0.25) is 0 Å². The zero-order chi connectivity index (χ0) is 13.2. The molecule has 102 valence electrons. The summed E-state index contributed by atoms with van der Waals surface area (Å²) in [4.78, 5) is 18.8. The first-order valence-corrected chi connectivity index (χ1v) is 7.19. The molecule has 1 heterocycles. The number of anilines is 1. The molecule has 0 unspecified atom stereocenters. The number of hydrogen-bond acceptors (Lipinski definition) is 3. The Balaban J connectivity index is 1.72. The average Bonchev–Trinajstić information content (AvgIpc) is 3.32. The molecule has 0 radical (unpaired) electrons. The number of rotatable bonds is 6. The number of carbonyl (C=O) groups excluding carboxylic acids is 1. The SMILES string of the molecule is CNc1cc(C(=O)N(CC2CC2)CC2CC2)ccn1. The van der Waals surface area contributed by atoms with Crippen molar-refractivity contribution in [1.82, 2.24) is 9.88 Å². The lowest BCUT2D eigenvalue weighted by molar-refractivity contribution is 0.0739. The molecular weight excluding hydrogens is 238 g/mol. The third-order valence-electron chi connectivity index (χ3n) is 3.90. The second-order valence-corrected chi connectivity index (χ2v) is 5.78. The maximum atomic E-state index is 12.6. The van der Waals surface area contributed by atoms with Crippen LogP contribution in [0.25, 0.3) is 0 Å². The van der Waals surface area contributed by atoms with Crippen molar-refractivity contribution in [3.63, 3.8) is 0 Å². The molecule has 0 saturated heterocycles. The number of pyridine rings is 1. The predicted molar refractivity (Wildman–Crippen MR) is 75.1 cm³/mol. The van der Waals surface area contributed by atoms with Gasteiger partial charge in [0.25, 0.3) is 5.91 Å². The van der Waals surface area contributed by atoms with Gasteiger partial charge in [-0.15, -0.1) is 0 Å². The molecule has 1 aromatic heterocycles. The highest BCUT2D eigenvalue weighted by molar-refractivity contribution is 5.94. The lowest BCUT2D eigenvalue weighted by atomic mass is 10.2. The number of amides is 1. The largest absolute Gasteiger partial charge is 0.373 e. The molecule has 0 atom stereocenters. The van der Waals surface area contributed by atoms with Crippen molar-refractivity contribution >= 4 is 11.7 Å². The first-order chi connectivity index (χ1) is 9.26. The number of nitrogens with zero attached hydrogens (tertiary/aromatic N) is 2. The molecule has 4 nitrogen and oxygen atoms in total. The Labute approximate surface area is 114 Å². The van der Waals surface area contributed by atoms with Crippen LogP contribution in [-0.2, 0) is 0 Å². The summed E-state index contributed by atoms with van der Waals surface area (Å²) in [5.74, 6) is 2.41. The van der Waals surface area contributed by atoms with Gasteiger partial charge >= 0.3 is 0 Å². The smallest absolute Gasteiger partial charge is 0.254 e. The minimum Gasteiger partial charge on any atom is -0.373 e. The Kier molecular flexibility index (Phi) is 3.40. The van der Waals surface area contributed by atoms with Gasteiger partial charge in [-0.05, 0) is 49.7 Å². The summed E-state index contributed by atoms with van der Waals surface area (Å²) in [6.45, 7) is 1.87. The Morgan fingerprint density at radius 2 is 1.95 bits per heavy atom. The van der Waals surface area contributed by atoms with Gasteiger partial charge < -0.3 is 10.2 Å². The molecule has 2 aliphatic rings. The van der Waals surface area contributed by atoms with Gasteiger partial charge in [0.05, 0.1) is 0 Å². The molecule has 2 saturated carbocycles. The van der Waals surface area contributed by atoms with Gasteiger partial charge in [-0.2, -0.15) is 0 Å². The van der Waals surface area contributed by atoms with Crippen LogP contribution < -0.4 is 5.32 Å². The Bertz CT molecular complexity index is 452. The molecule has 0 bridgehead atoms. The predicted octanol–water partition coefficient (Wildman–Crippen LogP) is 2.39. The molecule has 4 heteroatoms. The van der Waals surface area contributed by atoms with E-state index in [1.54, 1.807) is 6.20 Å². The van der Waals surface area contributed by atoms with Gasteiger partial charge in [-0.1, -0.05) is 0 Å². The fraction of sp³-hybridized carbons (Fsp3) is 0.600. The second-order valence-electron chi connectivity index (χ2n) is 5.78. The number of hydrogen-bond donors (Lipinski definition) is 1. The maximum absolute atomic E-state index is 12.6. The van der Waals surface area contributed by atoms with Crippen molar-refractivity contribution in [3.8, 4) is 0 Å². The molecule has 1 aromatic rings. The van der Waals surface area contributed by atoms with E-state index in [1.807, 2.05) is 19.2 Å². The summed E-state index contributed by atoms with van der Waals surface area (Å²) in [7, 11) is 1.82. The third-order valence-corrected chi connectivity index (χ3v) is 3.90. The standard InChI is InChI=1S/C15H21N3O/c1-16-14-8-13(6-7-17-14)15(19)18(9-11-2-3-11)10-12-4-5-12/h6-8,11-12H,2-5,9-10H2,1H3,(H,16,17). The normalized spacial score (nSPS) is 18.2. The highest BCUT2D eigenvalue weighted by Gasteiger charge is 2.31. The fourth-order valence-electron chi connectivity index (χ4n) is 2.35. The first-order valence-electron chi connectivity index (χ1n) is 7.19. The van der Waals surface area contributed by atoms with Crippen LogP contribution >= 0.6 is 0 Å². The Morgan fingerprint density at radius 1 is 1.32 bits per heavy atom. The van der Waals surface area contributed by atoms with Gasteiger partial charge in [0.1, 0.15) is 5.82 Å². The first kappa shape index (κ1) is 12.5. The minimum absolute atomic E-state index is 0.165. The molecule has 0 aliphatic heterocycles. The van der Waals surface area contributed by atoms with Crippen molar-refractivity contribution in [2.75, 3.05) is 25.5 Å². The van der Waals surface area contributed by atoms with Crippen molar-refractivity contribution in [2.45, 2.75) is 25.7 Å². The van der Waals surface area contributed by atoms with Crippen molar-refractivity contribution in [3.05, 3.63) is 23.9 Å². The number of aromatic nitrogens is 1. The van der Waals surface area contributed by atoms with Crippen LogP contribution in [0.1, 0.15) is 36.0 Å². The van der Waals surface area contributed by atoms with Crippen molar-refractivity contribution in [2.24, 2.45) is 11.8 Å². The fourth-order valence-corrected chi connectivity index (χ4v) is 2.35. The van der Waals surface area contributed by atoms with E-state index < -0.39 is 0 Å². The molecule has 2 aliphatic carbocycles. The Hall–Kier alpha value is -1.58. The summed E-state index contributed by atoms with van der Waals surface area (Å²) in [6.07, 6.45) is 6.84. The Morgan fingerprint density at radius 3 is 2.47 bits per heavy atom. The number of nitrogens with one attached hydrogen (secondary N) is 1. The summed E-state index contributed by atoms with van der Waals surface area (Å²) in [5.41, 5.74) is 0.751. The summed E-state index contributed by atoms with van der Waals surface area (Å²) in [6, 6.07) is 3.66. The molecule has 2 fully saturated rings. The van der Waals surface area contributed by atoms with E-state index in [9.17, 15) is 4.79 Å². The van der Waals surface area contributed by atoms with E-state index in [0.717, 1.165) is 36.3 Å².